The summed E-state index contributed by atoms with van der Waals surface area (Å²) in [7, 11) is -10.7. The van der Waals surface area contributed by atoms with Gasteiger partial charge in [-0.1, -0.05) is 0 Å². The van der Waals surface area contributed by atoms with Crippen LogP contribution in [0.4, 0.5) is 73.9 Å². The molecule has 0 saturated heterocycles. The first-order valence-electron chi connectivity index (χ1n) is 15.7. The molecular weight excluding hydrogens is 767 g/mol. The molecule has 0 spiro atoms. The number of hydrogen-bond donors (Lipinski definition) is 6. The van der Waals surface area contributed by atoms with E-state index in [1.807, 2.05) is 0 Å². The van der Waals surface area contributed by atoms with E-state index in [4.69, 9.17) is 28.7 Å². The zero-order valence-corrected chi connectivity index (χ0v) is 30.0. The summed E-state index contributed by atoms with van der Waals surface area (Å²) in [6.07, 6.45) is 0. The van der Waals surface area contributed by atoms with Gasteiger partial charge in [-0.3, -0.25) is 0 Å². The molecule has 0 saturated carbocycles. The fourth-order valence-corrected chi connectivity index (χ4v) is 6.34. The third-order valence-corrected chi connectivity index (χ3v) is 9.43. The number of fused-ring (bicyclic) bond motifs is 1. The molecule has 0 aliphatic rings. The largest absolute Gasteiger partial charge is 0.744 e. The van der Waals surface area contributed by atoms with E-state index in [-0.39, 0.29) is 11.4 Å². The molecular formula is C34H27N13O7S2-2. The lowest BCUT2D eigenvalue weighted by molar-refractivity contribution is 0.458. The first-order chi connectivity index (χ1) is 26.5. The maximum atomic E-state index is 12.3. The lowest BCUT2D eigenvalue weighted by Crippen LogP contribution is -2.04. The van der Waals surface area contributed by atoms with Crippen molar-refractivity contribution in [3.63, 3.8) is 0 Å². The summed E-state index contributed by atoms with van der Waals surface area (Å²) in [5, 5.41) is 42.4. The van der Waals surface area contributed by atoms with Crippen LogP contribution in [0.3, 0.4) is 0 Å². The number of aromatic hydroxyl groups is 1. The van der Waals surface area contributed by atoms with Crippen molar-refractivity contribution in [1.82, 2.24) is 0 Å². The minimum Gasteiger partial charge on any atom is -0.744 e. The highest BCUT2D eigenvalue weighted by atomic mass is 32.2. The predicted octanol–water partition coefficient (Wildman–Crippen LogP) is 7.93. The fourth-order valence-electron chi connectivity index (χ4n) is 5.03. The lowest BCUT2D eigenvalue weighted by atomic mass is 10.1. The van der Waals surface area contributed by atoms with Crippen LogP contribution in [0.15, 0.2) is 148 Å². The molecule has 0 fully saturated rings. The van der Waals surface area contributed by atoms with Gasteiger partial charge < -0.3 is 42.9 Å². The second-order valence-corrected chi connectivity index (χ2v) is 14.4. The van der Waals surface area contributed by atoms with Crippen molar-refractivity contribution in [2.45, 2.75) is 9.79 Å². The Hall–Kier alpha value is -7.40. The molecule has 6 aromatic rings. The normalized spacial score (nSPS) is 12.5. The van der Waals surface area contributed by atoms with Crippen LogP contribution in [0.25, 0.3) is 10.8 Å². The van der Waals surface area contributed by atoms with Crippen molar-refractivity contribution < 1.29 is 31.0 Å². The van der Waals surface area contributed by atoms with Crippen LogP contribution in [0.5, 0.6) is 5.75 Å². The minimum absolute atomic E-state index is 0.127. The van der Waals surface area contributed by atoms with Crippen LogP contribution in [-0.2, 0) is 20.2 Å². The minimum atomic E-state index is -5.39. The molecule has 22 heteroatoms. The van der Waals surface area contributed by atoms with Crippen molar-refractivity contribution in [3.8, 4) is 5.75 Å². The van der Waals surface area contributed by atoms with Gasteiger partial charge in [0.05, 0.1) is 55.0 Å². The van der Waals surface area contributed by atoms with Gasteiger partial charge in [0.25, 0.3) is 0 Å². The summed E-state index contributed by atoms with van der Waals surface area (Å²) >= 11 is 0. The molecule has 56 heavy (non-hydrogen) atoms. The topological polar surface area (TPSA) is 364 Å². The Balaban J connectivity index is 1.34. The van der Waals surface area contributed by atoms with Gasteiger partial charge >= 0.3 is 0 Å². The molecule has 0 radical (unpaired) electrons. The van der Waals surface area contributed by atoms with Crippen molar-refractivity contribution in [3.05, 3.63) is 97.1 Å². The third-order valence-electron chi connectivity index (χ3n) is 7.73. The Labute approximate surface area is 317 Å². The number of anilines is 5. The molecule has 6 aromatic carbocycles. The van der Waals surface area contributed by atoms with Gasteiger partial charge in [-0.05, 0) is 102 Å². The van der Waals surface area contributed by atoms with Gasteiger partial charge in [0.15, 0.2) is 5.75 Å². The molecule has 0 aliphatic carbocycles. The van der Waals surface area contributed by atoms with Crippen LogP contribution in [0.2, 0.25) is 0 Å². The van der Waals surface area contributed by atoms with E-state index in [1.165, 1.54) is 60.7 Å². The number of nitrogens with zero attached hydrogens (tertiary/aromatic N) is 8. The molecule has 20 nitrogen and oxygen atoms in total. The van der Waals surface area contributed by atoms with Gasteiger partial charge in [-0.2, -0.15) is 20.5 Å². The van der Waals surface area contributed by atoms with E-state index in [0.29, 0.717) is 57.6 Å². The third kappa shape index (κ3) is 8.53. The summed E-state index contributed by atoms with van der Waals surface area (Å²) in [6, 6.07) is 22.6. The van der Waals surface area contributed by atoms with E-state index in [2.05, 4.69) is 40.9 Å². The number of phenolic OH excluding ortho intramolecular Hbond substituents is 1. The Bertz CT molecular complexity index is 2670. The molecule has 0 unspecified atom stereocenters. The summed E-state index contributed by atoms with van der Waals surface area (Å²) in [4.78, 5) is -2.10. The average molecular weight is 794 g/mol. The smallest absolute Gasteiger partial charge is 0.154 e. The second kappa shape index (κ2) is 15.2. The SMILES string of the molecule is Nc1ccc(N=Nc2ccc(N=Nc3c(S(=O)(=O)[O-])cc4cc(S(=O)(=O)[O-])c(N=Nc5ccc(N=Nc6ccc(N)cc6N)cc5)c(O)c4c3N)cc2)c(N)c1. The lowest BCUT2D eigenvalue weighted by Gasteiger charge is -2.18. The summed E-state index contributed by atoms with van der Waals surface area (Å²) in [5.74, 6) is -0.979. The molecule has 0 amide bonds. The zero-order chi connectivity index (χ0) is 40.4. The Morgan fingerprint density at radius 2 is 0.821 bits per heavy atom. The van der Waals surface area contributed by atoms with E-state index >= 15 is 0 Å². The molecule has 6 rings (SSSR count). The molecule has 284 valence electrons. The van der Waals surface area contributed by atoms with Gasteiger partial charge in [-0.15, -0.1) is 20.5 Å². The van der Waals surface area contributed by atoms with Gasteiger partial charge in [0.1, 0.15) is 43.0 Å². The van der Waals surface area contributed by atoms with E-state index in [9.17, 15) is 31.0 Å². The number of rotatable bonds is 10. The van der Waals surface area contributed by atoms with Crippen LogP contribution in [0.1, 0.15) is 0 Å². The van der Waals surface area contributed by atoms with Crippen molar-refractivity contribution in [2.75, 3.05) is 28.7 Å². The standard InChI is InChI=1S/C34H29N13O7S2/c35-18-1-11-26(24(37)15-18)44-40-20-3-7-22(8-4-20)42-46-32-28(55(49,50)51)13-17-14-29(56(52,53)54)33(34(48)30(17)31(32)39)47-43-23-9-5-21(6-10-23)41-45-27-12-2-19(36)16-25(27)38/h1-16,48H,35-39H2,(H,49,50,51)(H,52,53,54)/p-2. The molecule has 0 aromatic heterocycles. The van der Waals surface area contributed by atoms with Crippen LogP contribution < -0.4 is 28.7 Å². The van der Waals surface area contributed by atoms with Gasteiger partial charge in [0, 0.05) is 11.4 Å². The van der Waals surface area contributed by atoms with E-state index < -0.39 is 63.6 Å². The Morgan fingerprint density at radius 3 is 1.20 bits per heavy atom. The van der Waals surface area contributed by atoms with Crippen LogP contribution in [0, 0.1) is 0 Å². The number of azo groups is 4. The molecule has 0 heterocycles. The summed E-state index contributed by atoms with van der Waals surface area (Å²) < 4.78 is 74.0. The fraction of sp³-hybridized carbons (Fsp3) is 0. The quantitative estimate of drug-likeness (QED) is 0.0437. The van der Waals surface area contributed by atoms with E-state index in [0.717, 1.165) is 0 Å². The second-order valence-electron chi connectivity index (χ2n) is 11.7. The first-order valence-corrected chi connectivity index (χ1v) is 18.5. The van der Waals surface area contributed by atoms with E-state index in [1.54, 1.807) is 24.3 Å². The number of benzene rings is 6. The monoisotopic (exact) mass is 793 g/mol. The highest BCUT2D eigenvalue weighted by Crippen LogP contribution is 2.48. The van der Waals surface area contributed by atoms with Crippen molar-refractivity contribution >= 4 is 105 Å². The summed E-state index contributed by atoms with van der Waals surface area (Å²) in [6.45, 7) is 0. The van der Waals surface area contributed by atoms with Crippen molar-refractivity contribution in [1.29, 1.82) is 0 Å². The Kier molecular flexibility index (Phi) is 10.4. The molecule has 11 N–H and O–H groups in total. The number of nitrogen functional groups attached to an aromatic ring is 5. The number of nitrogens with two attached hydrogens (primary N) is 5. The van der Waals surface area contributed by atoms with Crippen LogP contribution in [-0.4, -0.2) is 31.0 Å². The summed E-state index contributed by atoms with van der Waals surface area (Å²) in [5.41, 5.74) is 30.7. The molecule has 0 atom stereocenters. The van der Waals surface area contributed by atoms with Crippen molar-refractivity contribution in [2.24, 2.45) is 40.9 Å². The van der Waals surface area contributed by atoms with Crippen LogP contribution >= 0.6 is 0 Å². The molecule has 0 aliphatic heterocycles. The number of phenols is 1. The maximum absolute atomic E-state index is 12.3. The first kappa shape index (κ1) is 38.3. The average Bonchev–Trinajstić information content (AvgIpc) is 3.13. The highest BCUT2D eigenvalue weighted by molar-refractivity contribution is 7.86. The van der Waals surface area contributed by atoms with Gasteiger partial charge in [0.2, 0.25) is 0 Å². The predicted molar refractivity (Wildman–Crippen MR) is 206 cm³/mol. The Morgan fingerprint density at radius 1 is 0.464 bits per heavy atom. The van der Waals surface area contributed by atoms with Gasteiger partial charge in [-0.25, -0.2) is 16.8 Å². The zero-order valence-electron chi connectivity index (χ0n) is 28.4. The number of hydrogen-bond acceptors (Lipinski definition) is 20. The molecule has 0 bridgehead atoms. The maximum Gasteiger partial charge on any atom is 0.154 e. The highest BCUT2D eigenvalue weighted by Gasteiger charge is 2.24.